The van der Waals surface area contributed by atoms with Crippen molar-refractivity contribution in [1.82, 2.24) is 19.8 Å². The SMILES string of the molecule is CNC(=O)CCC(=NOCC(=O)O)c1nc2ccccc2n([C@H]2C[C@H]3CCC[C@@H](C2)N3C2CC3CCCCC(C3)C2)c1=O. The van der Waals surface area contributed by atoms with Gasteiger partial charge >= 0.3 is 5.97 Å². The maximum Gasteiger partial charge on any atom is 0.344 e. The Balaban J connectivity index is 1.33. The van der Waals surface area contributed by atoms with Gasteiger partial charge < -0.3 is 19.8 Å². The molecule has 1 aromatic heterocycles. The van der Waals surface area contributed by atoms with Crippen LogP contribution in [0.25, 0.3) is 11.0 Å². The molecule has 0 spiro atoms. The fraction of sp³-hybridized carbons (Fsp3) is 0.667. The molecule has 232 valence electrons. The lowest BCUT2D eigenvalue weighted by molar-refractivity contribution is -0.142. The molecule has 10 nitrogen and oxygen atoms in total. The van der Waals surface area contributed by atoms with Crippen molar-refractivity contribution in [3.05, 3.63) is 40.3 Å². The molecule has 2 unspecified atom stereocenters. The van der Waals surface area contributed by atoms with E-state index >= 15 is 0 Å². The van der Waals surface area contributed by atoms with E-state index in [1.54, 1.807) is 7.05 Å². The zero-order valence-corrected chi connectivity index (χ0v) is 25.2. The van der Waals surface area contributed by atoms with Crippen LogP contribution in [0.4, 0.5) is 0 Å². The maximum atomic E-state index is 14.3. The molecule has 2 saturated heterocycles. The Bertz CT molecular complexity index is 1390. The largest absolute Gasteiger partial charge is 0.479 e. The van der Waals surface area contributed by atoms with Crippen molar-refractivity contribution in [2.45, 2.75) is 114 Å². The van der Waals surface area contributed by atoms with Gasteiger partial charge in [0, 0.05) is 44.1 Å². The van der Waals surface area contributed by atoms with E-state index in [-0.39, 0.29) is 41.8 Å². The molecule has 3 heterocycles. The van der Waals surface area contributed by atoms with Gasteiger partial charge in [0.05, 0.1) is 11.0 Å². The Morgan fingerprint density at radius 1 is 0.930 bits per heavy atom. The van der Waals surface area contributed by atoms with Crippen molar-refractivity contribution >= 4 is 28.6 Å². The predicted octanol–water partition coefficient (Wildman–Crippen LogP) is 4.64. The number of amides is 1. The quantitative estimate of drug-likeness (QED) is 0.321. The van der Waals surface area contributed by atoms with Crippen molar-refractivity contribution in [2.75, 3.05) is 13.7 Å². The Kier molecular flexibility index (Phi) is 9.12. The molecule has 1 aromatic carbocycles. The molecule has 2 aliphatic heterocycles. The molecule has 4 bridgehead atoms. The van der Waals surface area contributed by atoms with Crippen LogP contribution < -0.4 is 10.9 Å². The molecule has 4 aliphatic rings. The smallest absolute Gasteiger partial charge is 0.344 e. The lowest BCUT2D eigenvalue weighted by atomic mass is 9.73. The number of aliphatic carboxylic acids is 1. The second kappa shape index (κ2) is 13.2. The third kappa shape index (κ3) is 6.49. The average molecular weight is 592 g/mol. The monoisotopic (exact) mass is 591 g/mol. The van der Waals surface area contributed by atoms with E-state index in [0.29, 0.717) is 23.6 Å². The van der Waals surface area contributed by atoms with E-state index in [1.165, 1.54) is 64.2 Å². The van der Waals surface area contributed by atoms with Crippen LogP contribution in [0, 0.1) is 11.8 Å². The summed E-state index contributed by atoms with van der Waals surface area (Å²) in [5.74, 6) is 0.355. The molecule has 4 fully saturated rings. The van der Waals surface area contributed by atoms with Gasteiger partial charge in [-0.2, -0.15) is 0 Å². The Morgan fingerprint density at radius 2 is 1.63 bits per heavy atom. The predicted molar refractivity (Wildman–Crippen MR) is 164 cm³/mol. The van der Waals surface area contributed by atoms with Gasteiger partial charge in [-0.1, -0.05) is 49.4 Å². The number of para-hydroxylation sites is 2. The molecule has 2 saturated carbocycles. The minimum absolute atomic E-state index is 0.0247. The van der Waals surface area contributed by atoms with Gasteiger partial charge in [0.25, 0.3) is 5.56 Å². The van der Waals surface area contributed by atoms with Gasteiger partial charge in [-0.25, -0.2) is 9.78 Å². The summed E-state index contributed by atoms with van der Waals surface area (Å²) in [4.78, 5) is 50.2. The van der Waals surface area contributed by atoms with Gasteiger partial charge in [0.2, 0.25) is 12.5 Å². The van der Waals surface area contributed by atoms with Crippen molar-refractivity contribution in [2.24, 2.45) is 17.0 Å². The second-order valence-corrected chi connectivity index (χ2v) is 13.2. The van der Waals surface area contributed by atoms with Crippen molar-refractivity contribution in [3.8, 4) is 0 Å². The Labute approximate surface area is 252 Å². The number of piperidine rings is 2. The highest BCUT2D eigenvalue weighted by Crippen LogP contribution is 2.47. The number of fused-ring (bicyclic) bond motifs is 5. The van der Waals surface area contributed by atoms with Crippen LogP contribution in [0.5, 0.6) is 0 Å². The molecule has 5 atom stereocenters. The number of carboxylic acids is 1. The minimum atomic E-state index is -1.17. The van der Waals surface area contributed by atoms with Crippen LogP contribution in [0.3, 0.4) is 0 Å². The van der Waals surface area contributed by atoms with Gasteiger partial charge in [-0.05, 0) is 68.9 Å². The first-order chi connectivity index (χ1) is 20.9. The molecule has 1 amide bonds. The summed E-state index contributed by atoms with van der Waals surface area (Å²) in [6.07, 6.45) is 15.3. The number of carbonyl (C=O) groups is 2. The van der Waals surface area contributed by atoms with Crippen molar-refractivity contribution < 1.29 is 19.5 Å². The fourth-order valence-electron chi connectivity index (χ4n) is 8.74. The third-order valence-electron chi connectivity index (χ3n) is 10.4. The van der Waals surface area contributed by atoms with Crippen molar-refractivity contribution in [3.63, 3.8) is 0 Å². The van der Waals surface area contributed by atoms with E-state index in [0.717, 1.165) is 30.2 Å². The van der Waals surface area contributed by atoms with Crippen LogP contribution in [0.1, 0.15) is 102 Å². The maximum absolute atomic E-state index is 14.3. The van der Waals surface area contributed by atoms with Crippen LogP contribution in [0.2, 0.25) is 0 Å². The molecule has 0 radical (unpaired) electrons. The molecular formula is C33H45N5O5. The number of rotatable bonds is 9. The number of hydrogen-bond acceptors (Lipinski definition) is 7. The van der Waals surface area contributed by atoms with Gasteiger partial charge in [0.15, 0.2) is 5.69 Å². The zero-order valence-electron chi connectivity index (χ0n) is 25.2. The number of benzene rings is 1. The lowest BCUT2D eigenvalue weighted by Crippen LogP contribution is -2.58. The molecule has 2 N–H and O–H groups in total. The first-order valence-corrected chi connectivity index (χ1v) is 16.3. The zero-order chi connectivity index (χ0) is 29.9. The number of hydrogen-bond donors (Lipinski definition) is 2. The Hall–Kier alpha value is -3.27. The van der Waals surface area contributed by atoms with Gasteiger partial charge in [0.1, 0.15) is 5.71 Å². The normalized spacial score (nSPS) is 29.6. The molecule has 2 aromatic rings. The van der Waals surface area contributed by atoms with E-state index in [4.69, 9.17) is 14.9 Å². The van der Waals surface area contributed by atoms with Crippen LogP contribution in [-0.4, -0.2) is 68.9 Å². The van der Waals surface area contributed by atoms with Crippen LogP contribution >= 0.6 is 0 Å². The molecule has 10 heteroatoms. The van der Waals surface area contributed by atoms with Crippen LogP contribution in [-0.2, 0) is 14.4 Å². The fourth-order valence-corrected chi connectivity index (χ4v) is 8.74. The molecule has 43 heavy (non-hydrogen) atoms. The summed E-state index contributed by atoms with van der Waals surface area (Å²) in [5, 5.41) is 15.7. The van der Waals surface area contributed by atoms with Crippen molar-refractivity contribution in [1.29, 1.82) is 0 Å². The first kappa shape index (κ1) is 29.8. The third-order valence-corrected chi connectivity index (χ3v) is 10.4. The number of carboxylic acid groups (broad SMARTS) is 1. The van der Waals surface area contributed by atoms with Gasteiger partial charge in [-0.15, -0.1) is 0 Å². The molecule has 2 aliphatic carbocycles. The highest BCUT2D eigenvalue weighted by molar-refractivity contribution is 6.01. The van der Waals surface area contributed by atoms with E-state index < -0.39 is 12.6 Å². The summed E-state index contributed by atoms with van der Waals surface area (Å²) in [6.45, 7) is -0.643. The minimum Gasteiger partial charge on any atom is -0.479 e. The highest BCUT2D eigenvalue weighted by atomic mass is 16.6. The number of nitrogens with zero attached hydrogens (tertiary/aromatic N) is 4. The number of carbonyl (C=O) groups excluding carboxylic acids is 1. The topological polar surface area (TPSA) is 126 Å². The van der Waals surface area contributed by atoms with Gasteiger partial charge in [-0.3, -0.25) is 14.5 Å². The summed E-state index contributed by atoms with van der Waals surface area (Å²) in [5.41, 5.74) is 1.53. The number of oxime groups is 1. The summed E-state index contributed by atoms with van der Waals surface area (Å²) >= 11 is 0. The van der Waals surface area contributed by atoms with E-state index in [1.807, 2.05) is 28.8 Å². The molecule has 6 rings (SSSR count). The average Bonchev–Trinajstić information content (AvgIpc) is 3.16. The highest BCUT2D eigenvalue weighted by Gasteiger charge is 2.45. The van der Waals surface area contributed by atoms with Crippen LogP contribution in [0.15, 0.2) is 34.2 Å². The molecular weight excluding hydrogens is 546 g/mol. The summed E-state index contributed by atoms with van der Waals surface area (Å²) in [6, 6.07) is 9.31. The standard InChI is InChI=1S/C33H45N5O5/c1-34-30(39)14-13-28(36-43-20-31(40)41)32-33(42)38(29-12-5-4-11-27(29)35-32)26-18-23-9-6-10-24(19-26)37(23)25-16-21-7-2-3-8-22(15-21)17-25/h4-5,11-12,21-26H,2-3,6-10,13-20H2,1H3,(H,34,39)(H,40,41)/t21?,22?,23-,24+,25?,26+. The summed E-state index contributed by atoms with van der Waals surface area (Å²) in [7, 11) is 1.55. The van der Waals surface area contributed by atoms with E-state index in [9.17, 15) is 14.4 Å². The van der Waals surface area contributed by atoms with E-state index in [2.05, 4.69) is 15.4 Å². The number of nitrogens with one attached hydrogen (secondary N) is 1. The Morgan fingerprint density at radius 3 is 2.30 bits per heavy atom. The number of aromatic nitrogens is 2. The summed E-state index contributed by atoms with van der Waals surface area (Å²) < 4.78 is 1.92. The lowest BCUT2D eigenvalue weighted by Gasteiger charge is -2.54. The first-order valence-electron chi connectivity index (χ1n) is 16.3. The second-order valence-electron chi connectivity index (χ2n) is 13.2.